The third kappa shape index (κ3) is 2.24. The topological polar surface area (TPSA) is 72.9 Å². The first-order valence-electron chi connectivity index (χ1n) is 5.70. The summed E-state index contributed by atoms with van der Waals surface area (Å²) in [5, 5.41) is 6.90. The Labute approximate surface area is 95.0 Å². The Hall–Kier alpha value is -1.36. The van der Waals surface area contributed by atoms with Gasteiger partial charge in [0.15, 0.2) is 0 Å². The van der Waals surface area contributed by atoms with Crippen molar-refractivity contribution in [1.29, 1.82) is 0 Å². The van der Waals surface area contributed by atoms with Gasteiger partial charge < -0.3 is 11.1 Å². The maximum atomic E-state index is 12.0. The van der Waals surface area contributed by atoms with Gasteiger partial charge >= 0.3 is 0 Å². The fourth-order valence-electron chi connectivity index (χ4n) is 2.38. The van der Waals surface area contributed by atoms with Crippen molar-refractivity contribution < 1.29 is 4.79 Å². The Kier molecular flexibility index (Phi) is 3.24. The van der Waals surface area contributed by atoms with Crippen LogP contribution in [0.15, 0.2) is 12.4 Å². The largest absolute Gasteiger partial charge is 0.330 e. The number of hydrogen-bond donors (Lipinski definition) is 2. The molecule has 5 nitrogen and oxygen atoms in total. The molecule has 0 unspecified atom stereocenters. The number of rotatable bonds is 3. The lowest BCUT2D eigenvalue weighted by molar-refractivity contribution is -0.120. The van der Waals surface area contributed by atoms with Gasteiger partial charge in [-0.25, -0.2) is 0 Å². The van der Waals surface area contributed by atoms with E-state index in [-0.39, 0.29) is 11.8 Å². The van der Waals surface area contributed by atoms with Crippen LogP contribution < -0.4 is 11.1 Å². The van der Waals surface area contributed by atoms with Crippen molar-refractivity contribution in [2.45, 2.75) is 19.3 Å². The molecule has 16 heavy (non-hydrogen) atoms. The standard InChI is InChI=1S/C11H18N4O/c1-15-7-9(6-13-15)14-11(16)10-4-2-3-8(10)5-12/h6-8,10H,2-5,12H2,1H3,(H,14,16)/t8-,10-/m1/s1. The van der Waals surface area contributed by atoms with Gasteiger partial charge in [-0.05, 0) is 25.3 Å². The summed E-state index contributed by atoms with van der Waals surface area (Å²) in [6.07, 6.45) is 6.58. The van der Waals surface area contributed by atoms with Gasteiger partial charge in [0.2, 0.25) is 5.91 Å². The number of nitrogens with two attached hydrogens (primary N) is 1. The molecule has 1 aliphatic carbocycles. The highest BCUT2D eigenvalue weighted by Crippen LogP contribution is 2.31. The SMILES string of the molecule is Cn1cc(NC(=O)[C@@H]2CCC[C@@H]2CN)cn1. The number of nitrogens with zero attached hydrogens (tertiary/aromatic N) is 2. The first-order valence-corrected chi connectivity index (χ1v) is 5.70. The van der Waals surface area contributed by atoms with Crippen molar-refractivity contribution in [1.82, 2.24) is 9.78 Å². The lowest BCUT2D eigenvalue weighted by atomic mass is 9.95. The molecule has 1 amide bonds. The van der Waals surface area contributed by atoms with Gasteiger partial charge in [0.25, 0.3) is 0 Å². The van der Waals surface area contributed by atoms with Crippen molar-refractivity contribution in [3.8, 4) is 0 Å². The average molecular weight is 222 g/mol. The predicted octanol–water partition coefficient (Wildman–Crippen LogP) is 0.734. The first-order chi connectivity index (χ1) is 7.70. The zero-order chi connectivity index (χ0) is 11.5. The van der Waals surface area contributed by atoms with E-state index in [1.807, 2.05) is 7.05 Å². The van der Waals surface area contributed by atoms with Crippen LogP contribution in [0.5, 0.6) is 0 Å². The third-order valence-corrected chi connectivity index (χ3v) is 3.27. The van der Waals surface area contributed by atoms with E-state index in [4.69, 9.17) is 5.73 Å². The number of nitrogens with one attached hydrogen (secondary N) is 1. The van der Waals surface area contributed by atoms with E-state index >= 15 is 0 Å². The fourth-order valence-corrected chi connectivity index (χ4v) is 2.38. The zero-order valence-electron chi connectivity index (χ0n) is 9.52. The fraction of sp³-hybridized carbons (Fsp3) is 0.636. The van der Waals surface area contributed by atoms with Crippen LogP contribution in [0.25, 0.3) is 0 Å². The van der Waals surface area contributed by atoms with E-state index in [2.05, 4.69) is 10.4 Å². The normalized spacial score (nSPS) is 24.6. The Balaban J connectivity index is 1.97. The number of anilines is 1. The molecule has 1 aromatic heterocycles. The number of amides is 1. The minimum Gasteiger partial charge on any atom is -0.330 e. The van der Waals surface area contributed by atoms with E-state index in [0.717, 1.165) is 24.9 Å². The second-order valence-electron chi connectivity index (χ2n) is 4.43. The molecular formula is C11H18N4O. The summed E-state index contributed by atoms with van der Waals surface area (Å²) < 4.78 is 1.67. The molecule has 0 aliphatic heterocycles. The van der Waals surface area contributed by atoms with Gasteiger partial charge in [0.05, 0.1) is 11.9 Å². The Morgan fingerprint density at radius 3 is 3.12 bits per heavy atom. The minimum atomic E-state index is 0.0743. The summed E-state index contributed by atoms with van der Waals surface area (Å²) in [5.41, 5.74) is 6.42. The van der Waals surface area contributed by atoms with Crippen LogP contribution in [0, 0.1) is 11.8 Å². The molecule has 2 atom stereocenters. The minimum absolute atomic E-state index is 0.0743. The summed E-state index contributed by atoms with van der Waals surface area (Å²) in [5.74, 6) is 0.503. The number of aryl methyl sites for hydroxylation is 1. The van der Waals surface area contributed by atoms with Crippen molar-refractivity contribution in [3.63, 3.8) is 0 Å². The number of carbonyl (C=O) groups excluding carboxylic acids is 1. The molecule has 0 spiro atoms. The average Bonchev–Trinajstić information content (AvgIpc) is 2.86. The molecule has 1 aromatic rings. The molecule has 1 saturated carbocycles. The molecule has 2 rings (SSSR count). The van der Waals surface area contributed by atoms with Crippen LogP contribution in [0.1, 0.15) is 19.3 Å². The summed E-state index contributed by atoms with van der Waals surface area (Å²) in [6.45, 7) is 0.602. The molecule has 3 N–H and O–H groups in total. The maximum absolute atomic E-state index is 12.0. The van der Waals surface area contributed by atoms with Gasteiger partial charge in [-0.2, -0.15) is 5.10 Å². The van der Waals surface area contributed by atoms with Crippen LogP contribution in [-0.2, 0) is 11.8 Å². The second-order valence-corrected chi connectivity index (χ2v) is 4.43. The van der Waals surface area contributed by atoms with Crippen LogP contribution in [-0.4, -0.2) is 22.2 Å². The molecule has 1 fully saturated rings. The number of hydrogen-bond acceptors (Lipinski definition) is 3. The van der Waals surface area contributed by atoms with Crippen LogP contribution in [0.4, 0.5) is 5.69 Å². The molecule has 5 heteroatoms. The van der Waals surface area contributed by atoms with Crippen molar-refractivity contribution in [2.24, 2.45) is 24.6 Å². The van der Waals surface area contributed by atoms with Crippen LogP contribution >= 0.6 is 0 Å². The molecular weight excluding hydrogens is 204 g/mol. The number of aromatic nitrogens is 2. The maximum Gasteiger partial charge on any atom is 0.227 e. The van der Waals surface area contributed by atoms with E-state index in [1.54, 1.807) is 17.1 Å². The Bertz CT molecular complexity index is 374. The highest BCUT2D eigenvalue weighted by Gasteiger charge is 2.31. The lowest BCUT2D eigenvalue weighted by Crippen LogP contribution is -2.29. The molecule has 0 saturated heterocycles. The van der Waals surface area contributed by atoms with Gasteiger partial charge in [-0.3, -0.25) is 9.48 Å². The van der Waals surface area contributed by atoms with E-state index in [9.17, 15) is 4.79 Å². The van der Waals surface area contributed by atoms with Crippen molar-refractivity contribution >= 4 is 11.6 Å². The van der Waals surface area contributed by atoms with Gasteiger partial charge in [0.1, 0.15) is 0 Å². The molecule has 88 valence electrons. The van der Waals surface area contributed by atoms with Gasteiger partial charge in [-0.1, -0.05) is 6.42 Å². The van der Waals surface area contributed by atoms with E-state index < -0.39 is 0 Å². The summed E-state index contributed by atoms with van der Waals surface area (Å²) in [6, 6.07) is 0. The number of carbonyl (C=O) groups is 1. The summed E-state index contributed by atoms with van der Waals surface area (Å²) in [7, 11) is 1.83. The lowest BCUT2D eigenvalue weighted by Gasteiger charge is -2.16. The molecule has 1 heterocycles. The second kappa shape index (κ2) is 4.65. The molecule has 1 aliphatic rings. The molecule has 0 bridgehead atoms. The highest BCUT2D eigenvalue weighted by atomic mass is 16.1. The molecule has 0 radical (unpaired) electrons. The smallest absolute Gasteiger partial charge is 0.227 e. The third-order valence-electron chi connectivity index (χ3n) is 3.27. The van der Waals surface area contributed by atoms with E-state index in [1.165, 1.54) is 0 Å². The van der Waals surface area contributed by atoms with Crippen LogP contribution in [0.2, 0.25) is 0 Å². The monoisotopic (exact) mass is 222 g/mol. The van der Waals surface area contributed by atoms with Crippen LogP contribution in [0.3, 0.4) is 0 Å². The van der Waals surface area contributed by atoms with E-state index in [0.29, 0.717) is 12.5 Å². The Morgan fingerprint density at radius 1 is 1.69 bits per heavy atom. The highest BCUT2D eigenvalue weighted by molar-refractivity contribution is 5.92. The van der Waals surface area contributed by atoms with Crippen molar-refractivity contribution in [3.05, 3.63) is 12.4 Å². The van der Waals surface area contributed by atoms with Gasteiger partial charge in [0, 0.05) is 19.2 Å². The van der Waals surface area contributed by atoms with Gasteiger partial charge in [-0.15, -0.1) is 0 Å². The summed E-state index contributed by atoms with van der Waals surface area (Å²) >= 11 is 0. The first kappa shape index (κ1) is 11.1. The molecule has 0 aromatic carbocycles. The predicted molar refractivity (Wildman–Crippen MR) is 61.7 cm³/mol. The zero-order valence-corrected chi connectivity index (χ0v) is 9.52. The quantitative estimate of drug-likeness (QED) is 0.792. The Morgan fingerprint density at radius 2 is 2.50 bits per heavy atom. The summed E-state index contributed by atoms with van der Waals surface area (Å²) in [4.78, 5) is 12.0. The van der Waals surface area contributed by atoms with Crippen molar-refractivity contribution in [2.75, 3.05) is 11.9 Å².